The fourth-order valence-electron chi connectivity index (χ4n) is 3.55. The Hall–Kier alpha value is -3.33. The zero-order valence-electron chi connectivity index (χ0n) is 17.0. The maximum absolute atomic E-state index is 13.0. The summed E-state index contributed by atoms with van der Waals surface area (Å²) >= 11 is 0. The maximum atomic E-state index is 13.0. The molecule has 0 saturated carbocycles. The van der Waals surface area contributed by atoms with Crippen molar-refractivity contribution in [1.82, 2.24) is 24.6 Å². The fourth-order valence-corrected chi connectivity index (χ4v) is 3.55. The van der Waals surface area contributed by atoms with Crippen molar-refractivity contribution in [2.75, 3.05) is 38.4 Å². The molecule has 1 aliphatic heterocycles. The van der Waals surface area contributed by atoms with Crippen LogP contribution in [0.5, 0.6) is 5.75 Å². The van der Waals surface area contributed by atoms with Crippen molar-refractivity contribution in [3.8, 4) is 11.4 Å². The number of H-pyrrole nitrogens is 1. The number of benzene rings is 1. The highest BCUT2D eigenvalue weighted by molar-refractivity contribution is 5.63. The summed E-state index contributed by atoms with van der Waals surface area (Å²) < 4.78 is 7.07. The lowest BCUT2D eigenvalue weighted by Crippen LogP contribution is -2.28. The van der Waals surface area contributed by atoms with E-state index < -0.39 is 0 Å². The number of anilines is 3. The van der Waals surface area contributed by atoms with Gasteiger partial charge in [0.05, 0.1) is 12.8 Å². The zero-order valence-corrected chi connectivity index (χ0v) is 17.0. The van der Waals surface area contributed by atoms with Crippen LogP contribution in [0.1, 0.15) is 17.0 Å². The number of rotatable bonds is 5. The van der Waals surface area contributed by atoms with E-state index in [2.05, 4.69) is 30.6 Å². The van der Waals surface area contributed by atoms with E-state index in [0.717, 1.165) is 48.0 Å². The Bertz CT molecular complexity index is 1100. The van der Waals surface area contributed by atoms with Crippen LogP contribution in [0.3, 0.4) is 0 Å². The first-order valence-corrected chi connectivity index (χ1v) is 9.48. The fraction of sp³-hybridized carbons (Fsp3) is 0.350. The van der Waals surface area contributed by atoms with Gasteiger partial charge in [0.15, 0.2) is 0 Å². The predicted octanol–water partition coefficient (Wildman–Crippen LogP) is 2.05. The first kappa shape index (κ1) is 19.0. The Morgan fingerprint density at radius 1 is 1.24 bits per heavy atom. The van der Waals surface area contributed by atoms with Crippen LogP contribution in [0.2, 0.25) is 0 Å². The molecule has 0 radical (unpaired) electrons. The van der Waals surface area contributed by atoms with Crippen LogP contribution >= 0.6 is 0 Å². The van der Waals surface area contributed by atoms with E-state index in [1.165, 1.54) is 0 Å². The molecule has 29 heavy (non-hydrogen) atoms. The Kier molecular flexibility index (Phi) is 4.98. The minimum absolute atomic E-state index is 0.0344. The summed E-state index contributed by atoms with van der Waals surface area (Å²) in [6.07, 6.45) is 0.734. The van der Waals surface area contributed by atoms with Crippen LogP contribution in [0, 0.1) is 6.92 Å². The second-order valence-electron chi connectivity index (χ2n) is 7.18. The molecule has 0 bridgehead atoms. The van der Waals surface area contributed by atoms with Gasteiger partial charge in [-0.15, -0.1) is 0 Å². The average molecular weight is 395 g/mol. The van der Waals surface area contributed by atoms with Gasteiger partial charge in [-0.25, -0.2) is 9.67 Å². The number of aromatic nitrogens is 4. The number of hydrogen-bond donors (Lipinski definition) is 3. The predicted molar refractivity (Wildman–Crippen MR) is 113 cm³/mol. The van der Waals surface area contributed by atoms with E-state index in [9.17, 15) is 4.79 Å². The largest absolute Gasteiger partial charge is 0.494 e. The molecule has 0 aliphatic carbocycles. The smallest absolute Gasteiger partial charge is 0.274 e. The van der Waals surface area contributed by atoms with Gasteiger partial charge < -0.3 is 20.3 Å². The molecule has 0 fully saturated rings. The molecule has 0 spiro atoms. The van der Waals surface area contributed by atoms with E-state index in [1.54, 1.807) is 11.8 Å². The Balaban J connectivity index is 1.74. The number of aromatic amines is 1. The topological polar surface area (TPSA) is 100 Å². The highest BCUT2D eigenvalue weighted by atomic mass is 16.5. The summed E-state index contributed by atoms with van der Waals surface area (Å²) in [5.41, 5.74) is 3.99. The van der Waals surface area contributed by atoms with Crippen molar-refractivity contribution in [2.24, 2.45) is 0 Å². The number of likely N-dealkylation sites (N-methyl/N-ethyl adjacent to an activating group) is 1. The molecule has 3 N–H and O–H groups in total. The first-order valence-electron chi connectivity index (χ1n) is 9.48. The van der Waals surface area contributed by atoms with E-state index in [4.69, 9.17) is 4.74 Å². The minimum Gasteiger partial charge on any atom is -0.494 e. The van der Waals surface area contributed by atoms with Gasteiger partial charge in [-0.1, -0.05) is 0 Å². The molecule has 1 aliphatic rings. The third-order valence-electron chi connectivity index (χ3n) is 5.03. The second kappa shape index (κ2) is 7.59. The number of nitrogens with zero attached hydrogens (tertiary/aromatic N) is 4. The molecule has 0 atom stereocenters. The quantitative estimate of drug-likeness (QED) is 0.608. The molecule has 152 valence electrons. The van der Waals surface area contributed by atoms with E-state index in [-0.39, 0.29) is 5.56 Å². The molecule has 0 saturated heterocycles. The Morgan fingerprint density at radius 2 is 2.07 bits per heavy atom. The molecule has 9 heteroatoms. The lowest BCUT2D eigenvalue weighted by atomic mass is 10.1. The molecule has 2 aromatic heterocycles. The standard InChI is InChI=1S/C20H25N7O2/c1-12-9-18(21-2)24-20(22-12)23-13-5-6-17(29-4)16(10-13)27-19(28)14-7-8-26(3)11-15(14)25-27/h5-6,9-10,25H,7-8,11H2,1-4H3,(H2,21,22,23,24). The summed E-state index contributed by atoms with van der Waals surface area (Å²) in [5.74, 6) is 1.81. The first-order chi connectivity index (χ1) is 14.0. The third-order valence-corrected chi connectivity index (χ3v) is 5.03. The number of hydrogen-bond acceptors (Lipinski definition) is 7. The molecule has 0 amide bonds. The summed E-state index contributed by atoms with van der Waals surface area (Å²) in [7, 11) is 5.45. The molecule has 9 nitrogen and oxygen atoms in total. The van der Waals surface area contributed by atoms with Crippen LogP contribution < -0.4 is 20.9 Å². The summed E-state index contributed by atoms with van der Waals surface area (Å²) in [5, 5.41) is 9.49. The number of fused-ring (bicyclic) bond motifs is 1. The van der Waals surface area contributed by atoms with Crippen molar-refractivity contribution in [1.29, 1.82) is 0 Å². The van der Waals surface area contributed by atoms with Gasteiger partial charge >= 0.3 is 0 Å². The Morgan fingerprint density at radius 3 is 2.83 bits per heavy atom. The van der Waals surface area contributed by atoms with Crippen LogP contribution in [0.25, 0.3) is 5.69 Å². The molecule has 4 rings (SSSR count). The van der Waals surface area contributed by atoms with Crippen LogP contribution in [-0.4, -0.2) is 52.4 Å². The van der Waals surface area contributed by atoms with Gasteiger partial charge in [0.2, 0.25) is 5.95 Å². The second-order valence-corrected chi connectivity index (χ2v) is 7.18. The highest BCUT2D eigenvalue weighted by Crippen LogP contribution is 2.27. The number of aryl methyl sites for hydroxylation is 1. The molecule has 3 aromatic rings. The summed E-state index contributed by atoms with van der Waals surface area (Å²) in [6, 6.07) is 7.42. The number of ether oxygens (including phenoxy) is 1. The lowest BCUT2D eigenvalue weighted by Gasteiger charge is -2.20. The third kappa shape index (κ3) is 3.68. The summed E-state index contributed by atoms with van der Waals surface area (Å²) in [4.78, 5) is 24.0. The zero-order chi connectivity index (χ0) is 20.5. The summed E-state index contributed by atoms with van der Waals surface area (Å²) in [6.45, 7) is 3.51. The van der Waals surface area contributed by atoms with Crippen LogP contribution in [0.15, 0.2) is 29.1 Å². The average Bonchev–Trinajstić information content (AvgIpc) is 3.03. The molecular weight excluding hydrogens is 370 g/mol. The van der Waals surface area contributed by atoms with Crippen molar-refractivity contribution in [3.63, 3.8) is 0 Å². The maximum Gasteiger partial charge on any atom is 0.274 e. The number of nitrogens with one attached hydrogen (secondary N) is 3. The minimum atomic E-state index is -0.0344. The molecule has 3 heterocycles. The highest BCUT2D eigenvalue weighted by Gasteiger charge is 2.22. The van der Waals surface area contributed by atoms with Gasteiger partial charge in [-0.05, 0) is 38.6 Å². The van der Waals surface area contributed by atoms with Gasteiger partial charge in [0.25, 0.3) is 5.56 Å². The monoisotopic (exact) mass is 395 g/mol. The van der Waals surface area contributed by atoms with Crippen molar-refractivity contribution < 1.29 is 4.74 Å². The van der Waals surface area contributed by atoms with Gasteiger partial charge in [0, 0.05) is 43.1 Å². The van der Waals surface area contributed by atoms with E-state index in [0.29, 0.717) is 17.4 Å². The van der Waals surface area contributed by atoms with E-state index >= 15 is 0 Å². The Labute approximate surface area is 168 Å². The van der Waals surface area contributed by atoms with Crippen LogP contribution in [0.4, 0.5) is 17.5 Å². The van der Waals surface area contributed by atoms with E-state index in [1.807, 2.05) is 45.3 Å². The lowest BCUT2D eigenvalue weighted by molar-refractivity contribution is 0.308. The van der Waals surface area contributed by atoms with Gasteiger partial charge in [-0.2, -0.15) is 4.98 Å². The number of methoxy groups -OCH3 is 1. The van der Waals surface area contributed by atoms with Crippen LogP contribution in [-0.2, 0) is 13.0 Å². The van der Waals surface area contributed by atoms with Gasteiger partial charge in [0.1, 0.15) is 17.3 Å². The van der Waals surface area contributed by atoms with Gasteiger partial charge in [-0.3, -0.25) is 9.89 Å². The van der Waals surface area contributed by atoms with Crippen molar-refractivity contribution >= 4 is 17.5 Å². The molecule has 0 unspecified atom stereocenters. The van der Waals surface area contributed by atoms with Crippen molar-refractivity contribution in [3.05, 3.63) is 51.6 Å². The van der Waals surface area contributed by atoms with Crippen molar-refractivity contribution in [2.45, 2.75) is 19.9 Å². The SMILES string of the molecule is CNc1cc(C)nc(Nc2ccc(OC)c(-n3[nH]c4c(c3=O)CCN(C)C4)c2)n1. The normalized spacial score (nSPS) is 13.8. The molecular formula is C20H25N7O2. The molecule has 1 aromatic carbocycles.